The fourth-order valence-electron chi connectivity index (χ4n) is 2.38. The first-order chi connectivity index (χ1) is 10.7. The minimum atomic E-state index is 0.127. The predicted octanol–water partition coefficient (Wildman–Crippen LogP) is 4.23. The predicted molar refractivity (Wildman–Crippen MR) is 88.8 cm³/mol. The minimum Gasteiger partial charge on any atom is -0.486 e. The fourth-order valence-corrected chi connectivity index (χ4v) is 2.89. The molecule has 0 spiro atoms. The molecule has 2 aromatic carbocycles. The van der Waals surface area contributed by atoms with Gasteiger partial charge in [0.25, 0.3) is 0 Å². The summed E-state index contributed by atoms with van der Waals surface area (Å²) in [5, 5.41) is 4.37. The topological polar surface area (TPSA) is 30.5 Å². The molecule has 0 aromatic heterocycles. The summed E-state index contributed by atoms with van der Waals surface area (Å²) in [6, 6.07) is 13.5. The number of ether oxygens (including phenoxy) is 2. The van der Waals surface area contributed by atoms with Crippen LogP contribution in [-0.2, 0) is 11.3 Å². The van der Waals surface area contributed by atoms with E-state index in [2.05, 4.69) is 17.4 Å². The Morgan fingerprint density at radius 2 is 1.82 bits per heavy atom. The highest BCUT2D eigenvalue weighted by Gasteiger charge is 2.15. The third-order valence-electron chi connectivity index (χ3n) is 3.58. The van der Waals surface area contributed by atoms with E-state index in [0.29, 0.717) is 22.4 Å². The summed E-state index contributed by atoms with van der Waals surface area (Å²) in [4.78, 5) is 0. The number of hydrogen-bond acceptors (Lipinski definition) is 3. The molecule has 1 aliphatic heterocycles. The van der Waals surface area contributed by atoms with Gasteiger partial charge in [-0.2, -0.15) is 0 Å². The number of para-hydroxylation sites is 1. The first-order valence-corrected chi connectivity index (χ1v) is 7.97. The molecule has 3 rings (SSSR count). The van der Waals surface area contributed by atoms with E-state index in [9.17, 15) is 0 Å². The molecule has 0 radical (unpaired) electrons. The van der Waals surface area contributed by atoms with Gasteiger partial charge in [0.05, 0.1) is 22.8 Å². The van der Waals surface area contributed by atoms with Crippen LogP contribution < -0.4 is 10.1 Å². The molecule has 5 heteroatoms. The van der Waals surface area contributed by atoms with Gasteiger partial charge in [0.2, 0.25) is 0 Å². The first kappa shape index (κ1) is 15.6. The van der Waals surface area contributed by atoms with Crippen molar-refractivity contribution in [1.82, 2.24) is 5.32 Å². The lowest BCUT2D eigenvalue weighted by Gasteiger charge is -2.24. The maximum Gasteiger partial charge on any atom is 0.156 e. The van der Waals surface area contributed by atoms with E-state index in [-0.39, 0.29) is 6.10 Å². The standard InChI is InChI=1S/C17H17Cl2NO2/c18-14-2-1-3-15(19)17(14)22-11-12-4-6-13(7-5-12)16-10-20-8-9-21-16/h1-7,16,20H,8-11H2/t16-/m0/s1. The summed E-state index contributed by atoms with van der Waals surface area (Å²) in [7, 11) is 0. The van der Waals surface area contributed by atoms with Crippen LogP contribution in [0.4, 0.5) is 0 Å². The Bertz CT molecular complexity index is 605. The number of hydrogen-bond donors (Lipinski definition) is 1. The van der Waals surface area contributed by atoms with Gasteiger partial charge in [0, 0.05) is 13.1 Å². The zero-order chi connectivity index (χ0) is 15.4. The largest absolute Gasteiger partial charge is 0.486 e. The molecular weight excluding hydrogens is 321 g/mol. The zero-order valence-corrected chi connectivity index (χ0v) is 13.5. The van der Waals surface area contributed by atoms with Crippen LogP contribution >= 0.6 is 23.2 Å². The van der Waals surface area contributed by atoms with E-state index >= 15 is 0 Å². The number of halogens is 2. The molecular formula is C17H17Cl2NO2. The maximum absolute atomic E-state index is 6.09. The van der Waals surface area contributed by atoms with Crippen molar-refractivity contribution in [2.24, 2.45) is 0 Å². The Labute approximate surface area is 140 Å². The van der Waals surface area contributed by atoms with Crippen LogP contribution in [0.3, 0.4) is 0 Å². The van der Waals surface area contributed by atoms with Crippen molar-refractivity contribution in [2.45, 2.75) is 12.7 Å². The molecule has 116 valence electrons. The summed E-state index contributed by atoms with van der Waals surface area (Å²) in [5.41, 5.74) is 2.23. The van der Waals surface area contributed by atoms with Gasteiger partial charge < -0.3 is 14.8 Å². The second-order valence-corrected chi connectivity index (χ2v) is 5.96. The lowest BCUT2D eigenvalue weighted by molar-refractivity contribution is 0.0277. The molecule has 0 saturated carbocycles. The minimum absolute atomic E-state index is 0.127. The molecule has 0 aliphatic carbocycles. The number of rotatable bonds is 4. The average Bonchev–Trinajstić information content (AvgIpc) is 2.56. The molecule has 1 N–H and O–H groups in total. The molecule has 1 atom stereocenters. The van der Waals surface area contributed by atoms with Gasteiger partial charge in [-0.1, -0.05) is 53.5 Å². The molecule has 1 fully saturated rings. The normalized spacial score (nSPS) is 18.2. The van der Waals surface area contributed by atoms with Gasteiger partial charge in [0.15, 0.2) is 5.75 Å². The molecule has 1 saturated heterocycles. The molecule has 0 amide bonds. The highest BCUT2D eigenvalue weighted by atomic mass is 35.5. The Kier molecular flexibility index (Phi) is 5.21. The monoisotopic (exact) mass is 337 g/mol. The highest BCUT2D eigenvalue weighted by molar-refractivity contribution is 6.37. The summed E-state index contributed by atoms with van der Waals surface area (Å²) < 4.78 is 11.5. The van der Waals surface area contributed by atoms with Crippen molar-refractivity contribution in [1.29, 1.82) is 0 Å². The van der Waals surface area contributed by atoms with Crippen LogP contribution in [0.1, 0.15) is 17.2 Å². The van der Waals surface area contributed by atoms with E-state index in [4.69, 9.17) is 32.7 Å². The second-order valence-electron chi connectivity index (χ2n) is 5.14. The Morgan fingerprint density at radius 1 is 1.09 bits per heavy atom. The quantitative estimate of drug-likeness (QED) is 0.905. The molecule has 3 nitrogen and oxygen atoms in total. The molecule has 1 aliphatic rings. The third-order valence-corrected chi connectivity index (χ3v) is 4.18. The van der Waals surface area contributed by atoms with Crippen LogP contribution in [0, 0.1) is 0 Å². The molecule has 22 heavy (non-hydrogen) atoms. The Balaban J connectivity index is 1.64. The van der Waals surface area contributed by atoms with Gasteiger partial charge in [-0.15, -0.1) is 0 Å². The molecule has 2 aromatic rings. The van der Waals surface area contributed by atoms with E-state index in [1.165, 1.54) is 5.56 Å². The van der Waals surface area contributed by atoms with E-state index < -0.39 is 0 Å². The lowest BCUT2D eigenvalue weighted by atomic mass is 10.1. The van der Waals surface area contributed by atoms with Crippen LogP contribution in [-0.4, -0.2) is 19.7 Å². The second kappa shape index (κ2) is 7.34. The SMILES string of the molecule is Clc1cccc(Cl)c1OCc1ccc([C@@H]2CNCCO2)cc1. The first-order valence-electron chi connectivity index (χ1n) is 7.22. The van der Waals surface area contributed by atoms with Gasteiger partial charge in [-0.25, -0.2) is 0 Å². The molecule has 1 heterocycles. The van der Waals surface area contributed by atoms with Gasteiger partial charge >= 0.3 is 0 Å². The van der Waals surface area contributed by atoms with Crippen molar-refractivity contribution in [2.75, 3.05) is 19.7 Å². The van der Waals surface area contributed by atoms with Gasteiger partial charge in [-0.05, 0) is 23.3 Å². The van der Waals surface area contributed by atoms with Crippen LogP contribution in [0.15, 0.2) is 42.5 Å². The Morgan fingerprint density at radius 3 is 2.45 bits per heavy atom. The van der Waals surface area contributed by atoms with Crippen molar-refractivity contribution in [3.63, 3.8) is 0 Å². The number of morpholine rings is 1. The maximum atomic E-state index is 6.09. The number of nitrogens with one attached hydrogen (secondary N) is 1. The lowest BCUT2D eigenvalue weighted by Crippen LogP contribution is -2.33. The van der Waals surface area contributed by atoms with E-state index in [0.717, 1.165) is 25.3 Å². The summed E-state index contributed by atoms with van der Waals surface area (Å²) >= 11 is 12.2. The third kappa shape index (κ3) is 3.73. The smallest absolute Gasteiger partial charge is 0.156 e. The van der Waals surface area contributed by atoms with Gasteiger partial charge in [0.1, 0.15) is 6.61 Å². The molecule has 0 unspecified atom stereocenters. The summed E-state index contributed by atoms with van der Waals surface area (Å²) in [6.45, 7) is 2.94. The average molecular weight is 338 g/mol. The zero-order valence-electron chi connectivity index (χ0n) is 12.0. The van der Waals surface area contributed by atoms with Crippen LogP contribution in [0.5, 0.6) is 5.75 Å². The Hall–Kier alpha value is -1.26. The van der Waals surface area contributed by atoms with Crippen molar-refractivity contribution in [3.8, 4) is 5.75 Å². The van der Waals surface area contributed by atoms with Crippen molar-refractivity contribution < 1.29 is 9.47 Å². The van der Waals surface area contributed by atoms with Crippen molar-refractivity contribution >= 4 is 23.2 Å². The van der Waals surface area contributed by atoms with Crippen LogP contribution in [0.2, 0.25) is 10.0 Å². The highest BCUT2D eigenvalue weighted by Crippen LogP contribution is 2.33. The number of benzene rings is 2. The summed E-state index contributed by atoms with van der Waals surface area (Å²) in [6.07, 6.45) is 0.127. The van der Waals surface area contributed by atoms with Crippen molar-refractivity contribution in [3.05, 3.63) is 63.6 Å². The van der Waals surface area contributed by atoms with Gasteiger partial charge in [-0.3, -0.25) is 0 Å². The van der Waals surface area contributed by atoms with E-state index in [1.54, 1.807) is 18.2 Å². The summed E-state index contributed by atoms with van der Waals surface area (Å²) in [5.74, 6) is 0.523. The molecule has 0 bridgehead atoms. The fraction of sp³-hybridized carbons (Fsp3) is 0.294. The van der Waals surface area contributed by atoms with Crippen LogP contribution in [0.25, 0.3) is 0 Å². The van der Waals surface area contributed by atoms with E-state index in [1.807, 2.05) is 12.1 Å².